The third-order valence-electron chi connectivity index (χ3n) is 3.30. The molecule has 0 unspecified atom stereocenters. The molecule has 1 N–H and O–H groups in total. The van der Waals surface area contributed by atoms with Crippen LogP contribution in [0.15, 0.2) is 56.9 Å². The summed E-state index contributed by atoms with van der Waals surface area (Å²) in [6.45, 7) is 0.466. The molecule has 0 fully saturated rings. The van der Waals surface area contributed by atoms with Gasteiger partial charge in [0.2, 0.25) is 0 Å². The van der Waals surface area contributed by atoms with Gasteiger partial charge in [-0.25, -0.2) is 0 Å². The van der Waals surface area contributed by atoms with E-state index in [-0.39, 0.29) is 5.91 Å². The minimum atomic E-state index is -0.149. The molecule has 6 heteroatoms. The van der Waals surface area contributed by atoms with Crippen molar-refractivity contribution in [1.82, 2.24) is 5.32 Å². The summed E-state index contributed by atoms with van der Waals surface area (Å²) in [5, 5.41) is 4.94. The van der Waals surface area contributed by atoms with Crippen LogP contribution in [0.25, 0.3) is 11.3 Å². The number of amides is 1. The quantitative estimate of drug-likeness (QED) is 0.684. The van der Waals surface area contributed by atoms with Crippen LogP contribution in [-0.2, 0) is 6.54 Å². The second-order valence-corrected chi connectivity index (χ2v) is 6.66. The van der Waals surface area contributed by atoms with Crippen molar-refractivity contribution in [1.29, 1.82) is 0 Å². The molecule has 2 heterocycles. The van der Waals surface area contributed by atoms with E-state index in [1.807, 2.05) is 23.6 Å². The van der Waals surface area contributed by atoms with Gasteiger partial charge in [-0.3, -0.25) is 4.79 Å². The van der Waals surface area contributed by atoms with Crippen LogP contribution in [0.5, 0.6) is 5.75 Å². The summed E-state index contributed by atoms with van der Waals surface area (Å²) >= 11 is 4.98. The number of nitrogens with one attached hydrogen (secondary N) is 1. The van der Waals surface area contributed by atoms with Crippen LogP contribution in [0.2, 0.25) is 0 Å². The van der Waals surface area contributed by atoms with Crippen LogP contribution in [-0.4, -0.2) is 13.0 Å². The summed E-state index contributed by atoms with van der Waals surface area (Å²) in [6, 6.07) is 11.1. The molecule has 0 aliphatic heterocycles. The first-order chi connectivity index (χ1) is 11.2. The van der Waals surface area contributed by atoms with Gasteiger partial charge in [0.1, 0.15) is 11.5 Å². The Labute approximate surface area is 146 Å². The minimum Gasteiger partial charge on any atom is -0.497 e. The molecule has 23 heavy (non-hydrogen) atoms. The Morgan fingerprint density at radius 2 is 2.22 bits per heavy atom. The molecule has 1 aromatic carbocycles. The standard InChI is InChI=1S/C17H14BrNO3S/c1-21-12-4-5-15(18)14(8-12)17(20)19-9-13-7-11(10-23-13)16-3-2-6-22-16/h2-8,10H,9H2,1H3,(H,19,20). The number of furan rings is 1. The van der Waals surface area contributed by atoms with Crippen LogP contribution in [0.3, 0.4) is 0 Å². The molecular formula is C17H14BrNO3S. The first kappa shape index (κ1) is 15.8. The molecule has 0 bridgehead atoms. The fraction of sp³-hybridized carbons (Fsp3) is 0.118. The molecule has 0 aliphatic carbocycles. The number of benzene rings is 1. The average Bonchev–Trinajstić information content (AvgIpc) is 3.24. The van der Waals surface area contributed by atoms with Gasteiger partial charge in [0.25, 0.3) is 5.91 Å². The molecule has 4 nitrogen and oxygen atoms in total. The van der Waals surface area contributed by atoms with E-state index in [2.05, 4.69) is 21.2 Å². The van der Waals surface area contributed by atoms with Gasteiger partial charge < -0.3 is 14.5 Å². The molecular weight excluding hydrogens is 378 g/mol. The Kier molecular flexibility index (Phi) is 4.83. The van der Waals surface area contributed by atoms with Crippen molar-refractivity contribution in [3.8, 4) is 17.1 Å². The third kappa shape index (κ3) is 3.65. The summed E-state index contributed by atoms with van der Waals surface area (Å²) in [6.07, 6.45) is 1.65. The molecule has 1 amide bonds. The van der Waals surface area contributed by atoms with Gasteiger partial charge in [-0.2, -0.15) is 0 Å². The highest BCUT2D eigenvalue weighted by Gasteiger charge is 2.12. The molecule has 2 aromatic heterocycles. The lowest BCUT2D eigenvalue weighted by Gasteiger charge is -2.08. The van der Waals surface area contributed by atoms with Crippen LogP contribution < -0.4 is 10.1 Å². The van der Waals surface area contributed by atoms with Crippen molar-refractivity contribution in [2.45, 2.75) is 6.54 Å². The smallest absolute Gasteiger partial charge is 0.252 e. The molecule has 3 rings (SSSR count). The number of thiophene rings is 1. The van der Waals surface area contributed by atoms with Gasteiger partial charge in [-0.1, -0.05) is 0 Å². The fourth-order valence-electron chi connectivity index (χ4n) is 2.11. The third-order valence-corrected chi connectivity index (χ3v) is 4.93. The van der Waals surface area contributed by atoms with Crippen molar-refractivity contribution >= 4 is 33.2 Å². The lowest BCUT2D eigenvalue weighted by molar-refractivity contribution is 0.0950. The number of methoxy groups -OCH3 is 1. The zero-order valence-electron chi connectivity index (χ0n) is 12.3. The summed E-state index contributed by atoms with van der Waals surface area (Å²) in [5.74, 6) is 1.33. The summed E-state index contributed by atoms with van der Waals surface area (Å²) in [4.78, 5) is 13.4. The van der Waals surface area contributed by atoms with Crippen LogP contribution in [0.4, 0.5) is 0 Å². The fourth-order valence-corrected chi connectivity index (χ4v) is 3.35. The van der Waals surface area contributed by atoms with E-state index < -0.39 is 0 Å². The predicted molar refractivity (Wildman–Crippen MR) is 93.9 cm³/mol. The van der Waals surface area contributed by atoms with Crippen molar-refractivity contribution in [2.75, 3.05) is 7.11 Å². The maximum Gasteiger partial charge on any atom is 0.252 e. The highest BCUT2D eigenvalue weighted by Crippen LogP contribution is 2.26. The second-order valence-electron chi connectivity index (χ2n) is 4.81. The van der Waals surface area contributed by atoms with Gasteiger partial charge in [0.15, 0.2) is 0 Å². The topological polar surface area (TPSA) is 51.5 Å². The van der Waals surface area contributed by atoms with Crippen molar-refractivity contribution in [2.24, 2.45) is 0 Å². The highest BCUT2D eigenvalue weighted by atomic mass is 79.9. The van der Waals surface area contributed by atoms with Gasteiger partial charge in [-0.05, 0) is 52.3 Å². The van der Waals surface area contributed by atoms with E-state index in [1.54, 1.807) is 42.9 Å². The van der Waals surface area contributed by atoms with Gasteiger partial charge in [-0.15, -0.1) is 11.3 Å². The predicted octanol–water partition coefficient (Wildman–Crippen LogP) is 4.71. The number of halogens is 1. The lowest BCUT2D eigenvalue weighted by atomic mass is 10.2. The Balaban J connectivity index is 1.67. The Hall–Kier alpha value is -2.05. The lowest BCUT2D eigenvalue weighted by Crippen LogP contribution is -2.22. The van der Waals surface area contributed by atoms with Gasteiger partial charge in [0, 0.05) is 20.3 Å². The van der Waals surface area contributed by atoms with E-state index in [4.69, 9.17) is 9.15 Å². The second kappa shape index (κ2) is 7.02. The Morgan fingerprint density at radius 3 is 2.96 bits per heavy atom. The number of carbonyl (C=O) groups excluding carboxylic acids is 1. The highest BCUT2D eigenvalue weighted by molar-refractivity contribution is 9.10. The summed E-state index contributed by atoms with van der Waals surface area (Å²) < 4.78 is 11.3. The largest absolute Gasteiger partial charge is 0.497 e. The molecule has 0 saturated heterocycles. The summed E-state index contributed by atoms with van der Waals surface area (Å²) in [5.41, 5.74) is 1.57. The molecule has 118 valence electrons. The van der Waals surface area contributed by atoms with Gasteiger partial charge >= 0.3 is 0 Å². The van der Waals surface area contributed by atoms with E-state index in [0.717, 1.165) is 20.7 Å². The number of carbonyl (C=O) groups is 1. The molecule has 0 aliphatic rings. The monoisotopic (exact) mass is 391 g/mol. The van der Waals surface area contributed by atoms with Crippen molar-refractivity contribution in [3.63, 3.8) is 0 Å². The Bertz CT molecular complexity index is 811. The maximum atomic E-state index is 12.3. The first-order valence-corrected chi connectivity index (χ1v) is 8.57. The van der Waals surface area contributed by atoms with E-state index in [1.165, 1.54) is 0 Å². The molecule has 3 aromatic rings. The molecule has 0 saturated carbocycles. The minimum absolute atomic E-state index is 0.149. The zero-order valence-corrected chi connectivity index (χ0v) is 14.7. The van der Waals surface area contributed by atoms with E-state index in [9.17, 15) is 4.79 Å². The van der Waals surface area contributed by atoms with E-state index >= 15 is 0 Å². The number of rotatable bonds is 5. The molecule has 0 atom stereocenters. The zero-order chi connectivity index (χ0) is 16.2. The first-order valence-electron chi connectivity index (χ1n) is 6.90. The van der Waals surface area contributed by atoms with Gasteiger partial charge in [0.05, 0.1) is 25.5 Å². The van der Waals surface area contributed by atoms with E-state index in [0.29, 0.717) is 17.9 Å². The number of hydrogen-bond acceptors (Lipinski definition) is 4. The summed E-state index contributed by atoms with van der Waals surface area (Å²) in [7, 11) is 1.58. The van der Waals surface area contributed by atoms with Crippen LogP contribution >= 0.6 is 27.3 Å². The molecule has 0 spiro atoms. The van der Waals surface area contributed by atoms with Crippen molar-refractivity contribution < 1.29 is 13.9 Å². The number of ether oxygens (including phenoxy) is 1. The van der Waals surface area contributed by atoms with Crippen LogP contribution in [0, 0.1) is 0 Å². The van der Waals surface area contributed by atoms with Crippen LogP contribution in [0.1, 0.15) is 15.2 Å². The maximum absolute atomic E-state index is 12.3. The molecule has 0 radical (unpaired) electrons. The average molecular weight is 392 g/mol. The Morgan fingerprint density at radius 1 is 1.35 bits per heavy atom. The normalized spacial score (nSPS) is 10.5. The van der Waals surface area contributed by atoms with Crippen molar-refractivity contribution in [3.05, 3.63) is 63.0 Å². The SMILES string of the molecule is COc1ccc(Br)c(C(=O)NCc2cc(-c3ccco3)cs2)c1. The number of hydrogen-bond donors (Lipinski definition) is 1.